The Morgan fingerprint density at radius 3 is 2.76 bits per heavy atom. The summed E-state index contributed by atoms with van der Waals surface area (Å²) in [5.41, 5.74) is -0.00785. The van der Waals surface area contributed by atoms with Crippen LogP contribution in [0, 0.1) is 0 Å². The molecule has 1 unspecified atom stereocenters. The second kappa shape index (κ2) is 5.35. The molecule has 1 rings (SSSR count). The zero-order chi connectivity index (χ0) is 13.1. The Balaban J connectivity index is 2.61. The predicted octanol–water partition coefficient (Wildman–Crippen LogP) is 2.81. The maximum atomic E-state index is 12.0. The molecule has 0 saturated carbocycles. The molecular formula is C10H10ClF3N2O. The molecule has 0 fully saturated rings. The molecule has 0 bridgehead atoms. The summed E-state index contributed by atoms with van der Waals surface area (Å²) in [7, 11) is 0. The van der Waals surface area contributed by atoms with Crippen molar-refractivity contribution < 1.29 is 18.0 Å². The molecule has 1 heterocycles. The lowest BCUT2D eigenvalue weighted by molar-refractivity contribution is -0.138. The Hall–Kier alpha value is -1.30. The molecule has 94 valence electrons. The molecule has 1 N–H and O–H groups in total. The lowest BCUT2D eigenvalue weighted by Gasteiger charge is -2.15. The Labute approximate surface area is 101 Å². The lowest BCUT2D eigenvalue weighted by atomic mass is 10.2. The van der Waals surface area contributed by atoms with Gasteiger partial charge in [-0.25, -0.2) is 0 Å². The minimum atomic E-state index is -4.31. The summed E-state index contributed by atoms with van der Waals surface area (Å²) in [6.07, 6.45) is -4.08. The number of nitrogens with one attached hydrogen (secondary N) is 1. The van der Waals surface area contributed by atoms with Gasteiger partial charge in [0, 0.05) is 17.3 Å². The molecule has 17 heavy (non-hydrogen) atoms. The highest BCUT2D eigenvalue weighted by atomic mass is 35.5. The van der Waals surface area contributed by atoms with E-state index in [1.54, 1.807) is 0 Å². The first-order chi connectivity index (χ1) is 7.78. The van der Waals surface area contributed by atoms with Crippen molar-refractivity contribution in [2.24, 2.45) is 0 Å². The monoisotopic (exact) mass is 266 g/mol. The van der Waals surface area contributed by atoms with Crippen LogP contribution in [0.5, 0.6) is 0 Å². The number of hydrogen-bond acceptors (Lipinski definition) is 2. The first-order valence-corrected chi connectivity index (χ1v) is 5.15. The Bertz CT molecular complexity index is 409. The largest absolute Gasteiger partial charge is 0.391 e. The fourth-order valence-corrected chi connectivity index (χ4v) is 1.38. The number of alkyl halides is 3. The molecule has 1 aromatic heterocycles. The fourth-order valence-electron chi connectivity index (χ4n) is 1.22. The molecule has 1 amide bonds. The quantitative estimate of drug-likeness (QED) is 0.914. The zero-order valence-corrected chi connectivity index (χ0v) is 9.64. The highest BCUT2D eigenvalue weighted by Gasteiger charge is 2.30. The molecule has 1 aromatic rings. The van der Waals surface area contributed by atoms with E-state index in [4.69, 9.17) is 11.6 Å². The van der Waals surface area contributed by atoms with Gasteiger partial charge in [0.25, 0.3) is 5.91 Å². The first-order valence-electron chi connectivity index (χ1n) is 4.77. The van der Waals surface area contributed by atoms with Crippen molar-refractivity contribution in [3.63, 3.8) is 0 Å². The van der Waals surface area contributed by atoms with E-state index in [2.05, 4.69) is 10.3 Å². The van der Waals surface area contributed by atoms with Gasteiger partial charge in [-0.05, 0) is 19.1 Å². The van der Waals surface area contributed by atoms with Crippen LogP contribution in [0.3, 0.4) is 0 Å². The molecule has 3 nitrogen and oxygen atoms in total. The average Bonchev–Trinajstić information content (AvgIpc) is 2.14. The number of hydrogen-bond donors (Lipinski definition) is 1. The third-order valence-corrected chi connectivity index (χ3v) is 2.10. The van der Waals surface area contributed by atoms with Gasteiger partial charge in [0.05, 0.1) is 6.42 Å². The van der Waals surface area contributed by atoms with Crippen LogP contribution in [0.25, 0.3) is 0 Å². The van der Waals surface area contributed by atoms with Gasteiger partial charge >= 0.3 is 6.18 Å². The smallest absolute Gasteiger partial charge is 0.348 e. The normalized spacial score (nSPS) is 13.2. The fraction of sp³-hybridized carbons (Fsp3) is 0.400. The maximum Gasteiger partial charge on any atom is 0.391 e. The SMILES string of the molecule is CC(CC(F)(F)F)NC(=O)c1cc(Cl)ccn1. The van der Waals surface area contributed by atoms with Gasteiger partial charge < -0.3 is 5.32 Å². The van der Waals surface area contributed by atoms with Gasteiger partial charge in [0.1, 0.15) is 5.69 Å². The lowest BCUT2D eigenvalue weighted by Crippen LogP contribution is -2.36. The number of aromatic nitrogens is 1. The molecule has 0 spiro atoms. The average molecular weight is 267 g/mol. The highest BCUT2D eigenvalue weighted by molar-refractivity contribution is 6.30. The summed E-state index contributed by atoms with van der Waals surface area (Å²) in [6.45, 7) is 1.27. The molecule has 0 aromatic carbocycles. The molecule has 1 atom stereocenters. The minimum absolute atomic E-state index is 0.00785. The van der Waals surface area contributed by atoms with Crippen molar-refractivity contribution in [3.05, 3.63) is 29.0 Å². The van der Waals surface area contributed by atoms with E-state index < -0.39 is 24.5 Å². The van der Waals surface area contributed by atoms with Crippen LogP contribution in [-0.4, -0.2) is 23.1 Å². The topological polar surface area (TPSA) is 42.0 Å². The van der Waals surface area contributed by atoms with Gasteiger partial charge in [-0.15, -0.1) is 0 Å². The van der Waals surface area contributed by atoms with E-state index in [0.29, 0.717) is 5.02 Å². The van der Waals surface area contributed by atoms with Crippen molar-refractivity contribution in [1.29, 1.82) is 0 Å². The molecular weight excluding hydrogens is 257 g/mol. The highest BCUT2D eigenvalue weighted by Crippen LogP contribution is 2.21. The Morgan fingerprint density at radius 1 is 1.59 bits per heavy atom. The van der Waals surface area contributed by atoms with E-state index in [0.717, 1.165) is 0 Å². The van der Waals surface area contributed by atoms with Gasteiger partial charge in [0.2, 0.25) is 0 Å². The number of amides is 1. The van der Waals surface area contributed by atoms with E-state index in [1.165, 1.54) is 25.3 Å². The van der Waals surface area contributed by atoms with Crippen LogP contribution >= 0.6 is 11.6 Å². The van der Waals surface area contributed by atoms with Crippen molar-refractivity contribution in [1.82, 2.24) is 10.3 Å². The van der Waals surface area contributed by atoms with E-state index >= 15 is 0 Å². The standard InChI is InChI=1S/C10H10ClF3N2O/c1-6(5-10(12,13)14)16-9(17)8-4-7(11)2-3-15-8/h2-4,6H,5H2,1H3,(H,16,17). The van der Waals surface area contributed by atoms with Crippen LogP contribution in [0.2, 0.25) is 5.02 Å². The minimum Gasteiger partial charge on any atom is -0.348 e. The first kappa shape index (κ1) is 13.8. The zero-order valence-electron chi connectivity index (χ0n) is 8.88. The van der Waals surface area contributed by atoms with E-state index in [9.17, 15) is 18.0 Å². The van der Waals surface area contributed by atoms with Gasteiger partial charge in [-0.3, -0.25) is 9.78 Å². The molecule has 7 heteroatoms. The summed E-state index contributed by atoms with van der Waals surface area (Å²) in [6, 6.07) is 1.75. The number of nitrogens with zero attached hydrogens (tertiary/aromatic N) is 1. The van der Waals surface area contributed by atoms with Crippen molar-refractivity contribution in [2.75, 3.05) is 0 Å². The predicted molar refractivity (Wildman–Crippen MR) is 56.8 cm³/mol. The van der Waals surface area contributed by atoms with Crippen LogP contribution < -0.4 is 5.32 Å². The van der Waals surface area contributed by atoms with Crippen LogP contribution in [0.15, 0.2) is 18.3 Å². The molecule has 0 aliphatic heterocycles. The van der Waals surface area contributed by atoms with Crippen molar-refractivity contribution >= 4 is 17.5 Å². The molecule has 0 radical (unpaired) electrons. The number of rotatable bonds is 3. The third kappa shape index (κ3) is 5.04. The van der Waals surface area contributed by atoms with Crippen LogP contribution in [-0.2, 0) is 0 Å². The van der Waals surface area contributed by atoms with Crippen molar-refractivity contribution in [2.45, 2.75) is 25.6 Å². The van der Waals surface area contributed by atoms with Gasteiger partial charge in [-0.1, -0.05) is 11.6 Å². The van der Waals surface area contributed by atoms with Crippen LogP contribution in [0.1, 0.15) is 23.8 Å². The van der Waals surface area contributed by atoms with Gasteiger partial charge in [0.15, 0.2) is 0 Å². The summed E-state index contributed by atoms with van der Waals surface area (Å²) in [5, 5.41) is 2.50. The maximum absolute atomic E-state index is 12.0. The summed E-state index contributed by atoms with van der Waals surface area (Å²) in [5.74, 6) is -0.677. The Morgan fingerprint density at radius 2 is 2.24 bits per heavy atom. The Kier molecular flexibility index (Phi) is 4.34. The number of carbonyl (C=O) groups is 1. The second-order valence-electron chi connectivity index (χ2n) is 3.55. The van der Waals surface area contributed by atoms with Crippen molar-refractivity contribution in [3.8, 4) is 0 Å². The number of halogens is 4. The molecule has 0 aliphatic carbocycles. The third-order valence-electron chi connectivity index (χ3n) is 1.87. The molecule has 0 saturated heterocycles. The second-order valence-corrected chi connectivity index (χ2v) is 3.99. The summed E-state index contributed by atoms with van der Waals surface area (Å²) in [4.78, 5) is 15.2. The summed E-state index contributed by atoms with van der Waals surface area (Å²) >= 11 is 5.63. The summed E-state index contributed by atoms with van der Waals surface area (Å²) < 4.78 is 36.1. The van der Waals surface area contributed by atoms with Crippen LogP contribution in [0.4, 0.5) is 13.2 Å². The van der Waals surface area contributed by atoms with Gasteiger partial charge in [-0.2, -0.15) is 13.2 Å². The van der Waals surface area contributed by atoms with E-state index in [-0.39, 0.29) is 5.69 Å². The number of pyridine rings is 1. The number of carbonyl (C=O) groups excluding carboxylic acids is 1. The molecule has 0 aliphatic rings. The van der Waals surface area contributed by atoms with E-state index in [1.807, 2.05) is 0 Å².